The van der Waals surface area contributed by atoms with Crippen molar-refractivity contribution in [2.45, 2.75) is 69.7 Å². The molecule has 1 N–H and O–H groups in total. The van der Waals surface area contributed by atoms with Crippen LogP contribution in [0.25, 0.3) is 0 Å². The molecular formula is C33H38O6. The fourth-order valence-corrected chi connectivity index (χ4v) is 6.86. The first-order valence-corrected chi connectivity index (χ1v) is 13.5. The predicted molar refractivity (Wildman–Crippen MR) is 150 cm³/mol. The van der Waals surface area contributed by atoms with Gasteiger partial charge in [-0.1, -0.05) is 56.3 Å². The summed E-state index contributed by atoms with van der Waals surface area (Å²) in [5.74, 6) is 2.23. The van der Waals surface area contributed by atoms with E-state index >= 15 is 0 Å². The molecule has 0 spiro atoms. The van der Waals surface area contributed by atoms with Gasteiger partial charge in [-0.05, 0) is 56.4 Å². The van der Waals surface area contributed by atoms with Crippen LogP contribution in [0.15, 0.2) is 66.7 Å². The maximum absolute atomic E-state index is 12.6. The monoisotopic (exact) mass is 530 g/mol. The third-order valence-corrected chi connectivity index (χ3v) is 8.16. The maximum atomic E-state index is 12.6. The lowest BCUT2D eigenvalue weighted by atomic mass is 9.71. The molecule has 3 aromatic rings. The molecule has 0 unspecified atom stereocenters. The van der Waals surface area contributed by atoms with E-state index in [2.05, 4.69) is 12.1 Å². The van der Waals surface area contributed by atoms with Crippen molar-refractivity contribution < 1.29 is 28.8 Å². The Balaban J connectivity index is 1.64. The molecule has 0 bridgehead atoms. The molecule has 6 heteroatoms. The molecule has 206 valence electrons. The lowest BCUT2D eigenvalue weighted by Gasteiger charge is -2.40. The highest BCUT2D eigenvalue weighted by Gasteiger charge is 2.69. The molecule has 6 nitrogen and oxygen atoms in total. The molecule has 0 aromatic heterocycles. The fourth-order valence-electron chi connectivity index (χ4n) is 6.86. The average molecular weight is 531 g/mol. The summed E-state index contributed by atoms with van der Waals surface area (Å²) in [5.41, 5.74) is -0.975. The topological polar surface area (TPSA) is 74.2 Å². The number of fused-ring (bicyclic) bond motifs is 3. The minimum Gasteiger partial charge on any atom is -0.497 e. The summed E-state index contributed by atoms with van der Waals surface area (Å²) in [7, 11) is 3.23. The van der Waals surface area contributed by atoms with Gasteiger partial charge in [0.15, 0.2) is 5.60 Å². The van der Waals surface area contributed by atoms with Crippen LogP contribution < -0.4 is 18.9 Å². The van der Waals surface area contributed by atoms with Gasteiger partial charge in [-0.15, -0.1) is 0 Å². The van der Waals surface area contributed by atoms with Crippen LogP contribution in [0.5, 0.6) is 23.0 Å². The smallest absolute Gasteiger partial charge is 0.174 e. The maximum Gasteiger partial charge on any atom is 0.174 e. The first-order valence-electron chi connectivity index (χ1n) is 13.5. The standard InChI is InChI=1S/C33H38O6/c1-30(2,21-34)20-31(3,4)38-25-18-27(37-6)29-28(19-25)39-33(23-12-14-24(36-5)15-13-23)26(16-17-32(29,33)35)22-10-8-7-9-11-22/h7-15,18-19,21,26,35H,16-17,20H2,1-6H3/t26-,32+,33-/m0/s1. The van der Waals surface area contributed by atoms with Gasteiger partial charge in [0.2, 0.25) is 0 Å². The van der Waals surface area contributed by atoms with E-state index < -0.39 is 22.2 Å². The van der Waals surface area contributed by atoms with Crippen molar-refractivity contribution in [3.05, 3.63) is 83.4 Å². The van der Waals surface area contributed by atoms with E-state index in [1.807, 2.05) is 82.3 Å². The molecule has 0 amide bonds. The van der Waals surface area contributed by atoms with Gasteiger partial charge in [0.05, 0.1) is 19.8 Å². The quantitative estimate of drug-likeness (QED) is 0.317. The Morgan fingerprint density at radius 2 is 1.67 bits per heavy atom. The van der Waals surface area contributed by atoms with Gasteiger partial charge >= 0.3 is 0 Å². The number of hydrogen-bond acceptors (Lipinski definition) is 6. The van der Waals surface area contributed by atoms with Crippen LogP contribution in [0.4, 0.5) is 0 Å². The van der Waals surface area contributed by atoms with Crippen LogP contribution in [0.3, 0.4) is 0 Å². The van der Waals surface area contributed by atoms with Crippen LogP contribution in [-0.2, 0) is 16.0 Å². The first-order chi connectivity index (χ1) is 18.5. The van der Waals surface area contributed by atoms with E-state index in [-0.39, 0.29) is 5.92 Å². The van der Waals surface area contributed by atoms with Gasteiger partial charge < -0.3 is 28.8 Å². The SMILES string of the molecule is COc1ccc([C@@]23Oc4cc(OC(C)(C)CC(C)(C)C=O)cc(OC)c4[C@]2(O)CC[C@H]3c2ccccc2)cc1. The van der Waals surface area contributed by atoms with E-state index in [1.165, 1.54) is 0 Å². The first kappa shape index (κ1) is 27.1. The number of hydrogen-bond donors (Lipinski definition) is 1. The van der Waals surface area contributed by atoms with Crippen LogP contribution in [0.1, 0.15) is 69.6 Å². The zero-order valence-electron chi connectivity index (χ0n) is 23.6. The highest BCUT2D eigenvalue weighted by molar-refractivity contribution is 5.62. The number of carbonyl (C=O) groups excluding carboxylic acids is 1. The van der Waals surface area contributed by atoms with Crippen molar-refractivity contribution >= 4 is 6.29 Å². The molecule has 1 fully saturated rings. The van der Waals surface area contributed by atoms with Crippen molar-refractivity contribution in [2.75, 3.05) is 14.2 Å². The highest BCUT2D eigenvalue weighted by atomic mass is 16.5. The van der Waals surface area contributed by atoms with E-state index in [1.54, 1.807) is 14.2 Å². The van der Waals surface area contributed by atoms with Gasteiger partial charge in [0, 0.05) is 23.5 Å². The fraction of sp³-hybridized carbons (Fsp3) is 0.424. The van der Waals surface area contributed by atoms with Crippen molar-refractivity contribution in [2.24, 2.45) is 5.41 Å². The van der Waals surface area contributed by atoms with Gasteiger partial charge in [-0.2, -0.15) is 0 Å². The lowest BCUT2D eigenvalue weighted by Crippen LogP contribution is -2.48. The summed E-state index contributed by atoms with van der Waals surface area (Å²) >= 11 is 0. The van der Waals surface area contributed by atoms with Crippen LogP contribution >= 0.6 is 0 Å². The Kier molecular flexibility index (Phi) is 6.66. The minimum absolute atomic E-state index is 0.108. The largest absolute Gasteiger partial charge is 0.497 e. The molecule has 2 aliphatic rings. The molecule has 3 atom stereocenters. The molecule has 39 heavy (non-hydrogen) atoms. The van der Waals surface area contributed by atoms with Crippen molar-refractivity contribution in [3.63, 3.8) is 0 Å². The second-order valence-electron chi connectivity index (χ2n) is 12.1. The molecule has 1 aliphatic heterocycles. The Morgan fingerprint density at radius 1 is 0.974 bits per heavy atom. The highest BCUT2D eigenvalue weighted by Crippen LogP contribution is 2.68. The molecule has 0 radical (unpaired) electrons. The predicted octanol–water partition coefficient (Wildman–Crippen LogP) is 6.53. The summed E-state index contributed by atoms with van der Waals surface area (Å²) in [5, 5.41) is 12.6. The van der Waals surface area contributed by atoms with Gasteiger partial charge in [0.25, 0.3) is 0 Å². The van der Waals surface area contributed by atoms with Crippen molar-refractivity contribution in [1.82, 2.24) is 0 Å². The van der Waals surface area contributed by atoms with E-state index in [4.69, 9.17) is 18.9 Å². The van der Waals surface area contributed by atoms with Gasteiger partial charge in [-0.3, -0.25) is 0 Å². The van der Waals surface area contributed by atoms with Crippen LogP contribution in [0.2, 0.25) is 0 Å². The second-order valence-corrected chi connectivity index (χ2v) is 12.1. The zero-order chi connectivity index (χ0) is 28.1. The normalized spacial score (nSPS) is 23.9. The third kappa shape index (κ3) is 4.45. The molecule has 0 saturated heterocycles. The molecule has 1 aliphatic carbocycles. The number of methoxy groups -OCH3 is 2. The number of aliphatic hydroxyl groups is 1. The molecule has 5 rings (SSSR count). The second kappa shape index (κ2) is 9.60. The Bertz CT molecular complexity index is 1350. The van der Waals surface area contributed by atoms with Gasteiger partial charge in [-0.25, -0.2) is 0 Å². The number of ether oxygens (including phenoxy) is 4. The van der Waals surface area contributed by atoms with E-state index in [9.17, 15) is 9.90 Å². The molecule has 3 aromatic carbocycles. The summed E-state index contributed by atoms with van der Waals surface area (Å²) in [6, 6.07) is 21.6. The summed E-state index contributed by atoms with van der Waals surface area (Å²) < 4.78 is 24.7. The Labute approximate surface area is 230 Å². The van der Waals surface area contributed by atoms with E-state index in [0.717, 1.165) is 29.6 Å². The molecule has 1 saturated carbocycles. The van der Waals surface area contributed by atoms with E-state index in [0.29, 0.717) is 35.7 Å². The van der Waals surface area contributed by atoms with Gasteiger partial charge in [0.1, 0.15) is 40.5 Å². The summed E-state index contributed by atoms with van der Waals surface area (Å²) in [6.07, 6.45) is 2.73. The average Bonchev–Trinajstić information content (AvgIpc) is 3.34. The Morgan fingerprint density at radius 3 is 2.28 bits per heavy atom. The van der Waals surface area contributed by atoms with Crippen LogP contribution in [0, 0.1) is 5.41 Å². The number of rotatable bonds is 9. The molecular weight excluding hydrogens is 492 g/mol. The minimum atomic E-state index is -1.34. The van der Waals surface area contributed by atoms with Crippen molar-refractivity contribution in [1.29, 1.82) is 0 Å². The lowest BCUT2D eigenvalue weighted by molar-refractivity contribution is -0.117. The summed E-state index contributed by atoms with van der Waals surface area (Å²) in [6.45, 7) is 7.73. The van der Waals surface area contributed by atoms with Crippen molar-refractivity contribution in [3.8, 4) is 23.0 Å². The van der Waals surface area contributed by atoms with Crippen LogP contribution in [-0.4, -0.2) is 31.2 Å². The third-order valence-electron chi connectivity index (χ3n) is 8.16. The number of aldehydes is 1. The molecule has 1 heterocycles. The number of carbonyl (C=O) groups is 1. The zero-order valence-corrected chi connectivity index (χ0v) is 23.6. The number of benzene rings is 3. The summed E-state index contributed by atoms with van der Waals surface area (Å²) in [4.78, 5) is 11.6. The Hall–Kier alpha value is -3.51.